The van der Waals surface area contributed by atoms with E-state index in [1.807, 2.05) is 0 Å². The van der Waals surface area contributed by atoms with Crippen LogP contribution in [0.15, 0.2) is 36.4 Å². The van der Waals surface area contributed by atoms with E-state index in [2.05, 4.69) is 9.88 Å². The third-order valence-electron chi connectivity index (χ3n) is 4.96. The molecule has 31 heavy (non-hydrogen) atoms. The number of aromatic nitrogens is 1. The van der Waals surface area contributed by atoms with Crippen LogP contribution in [0.2, 0.25) is 10.0 Å². The number of anilines is 1. The summed E-state index contributed by atoms with van der Waals surface area (Å²) in [6, 6.07) is 9.58. The van der Waals surface area contributed by atoms with Gasteiger partial charge in [-0.05, 0) is 36.8 Å². The van der Waals surface area contributed by atoms with Crippen molar-refractivity contribution in [1.29, 1.82) is 0 Å². The van der Waals surface area contributed by atoms with Crippen LogP contribution in [0.3, 0.4) is 0 Å². The highest BCUT2D eigenvalue weighted by Gasteiger charge is 2.24. The summed E-state index contributed by atoms with van der Waals surface area (Å²) in [6.45, 7) is 4.48. The number of amides is 1. The van der Waals surface area contributed by atoms with Crippen molar-refractivity contribution >= 4 is 68.2 Å². The summed E-state index contributed by atoms with van der Waals surface area (Å²) in [6.07, 6.45) is 0.745. The Morgan fingerprint density at radius 1 is 1.23 bits per heavy atom. The highest BCUT2D eigenvalue weighted by molar-refractivity contribution is 7.22. The van der Waals surface area contributed by atoms with Gasteiger partial charge in [0, 0.05) is 31.2 Å². The first kappa shape index (κ1) is 24.2. The van der Waals surface area contributed by atoms with Crippen LogP contribution >= 0.6 is 46.9 Å². The number of fused-ring (bicyclic) bond motifs is 1. The second kappa shape index (κ2) is 10.9. The van der Waals surface area contributed by atoms with Crippen LogP contribution < -0.4 is 4.90 Å². The zero-order chi connectivity index (χ0) is 21.1. The highest BCUT2D eigenvalue weighted by atomic mass is 35.5. The number of benzene rings is 2. The second-order valence-corrected chi connectivity index (χ2v) is 8.82. The second-order valence-electron chi connectivity index (χ2n) is 6.97. The van der Waals surface area contributed by atoms with Crippen molar-refractivity contribution < 1.29 is 13.9 Å². The van der Waals surface area contributed by atoms with Crippen LogP contribution in [0.1, 0.15) is 16.8 Å². The van der Waals surface area contributed by atoms with Crippen molar-refractivity contribution in [2.45, 2.75) is 6.42 Å². The van der Waals surface area contributed by atoms with Gasteiger partial charge in [0.05, 0.1) is 28.5 Å². The number of halogens is 4. The van der Waals surface area contributed by atoms with E-state index in [4.69, 9.17) is 27.9 Å². The standard InChI is InChI=1S/C21H20Cl2FN3O2S.ClH/c22-14-5-6-15(16(23)13-14)20(28)27(8-2-7-26-9-11-29-12-10-26)21-25-19-17(24)3-1-4-18(19)30-21;/h1,3-6,13H,2,7-12H2;1H. The van der Waals surface area contributed by atoms with E-state index >= 15 is 0 Å². The van der Waals surface area contributed by atoms with E-state index in [0.29, 0.717) is 27.0 Å². The smallest absolute Gasteiger partial charge is 0.261 e. The van der Waals surface area contributed by atoms with Gasteiger partial charge in [-0.15, -0.1) is 12.4 Å². The third kappa shape index (κ3) is 5.66. The van der Waals surface area contributed by atoms with Crippen LogP contribution in [0.4, 0.5) is 9.52 Å². The Kier molecular flexibility index (Phi) is 8.50. The van der Waals surface area contributed by atoms with Gasteiger partial charge in [-0.2, -0.15) is 0 Å². The zero-order valence-electron chi connectivity index (χ0n) is 16.5. The average Bonchev–Trinajstić information content (AvgIpc) is 3.17. The molecule has 166 valence electrons. The molecule has 0 aliphatic carbocycles. The minimum atomic E-state index is -0.403. The number of rotatable bonds is 6. The van der Waals surface area contributed by atoms with Gasteiger partial charge in [0.2, 0.25) is 0 Å². The quantitative estimate of drug-likeness (QED) is 0.443. The highest BCUT2D eigenvalue weighted by Crippen LogP contribution is 2.32. The Bertz CT molecular complexity index is 1060. The van der Waals surface area contributed by atoms with Crippen molar-refractivity contribution in [2.75, 3.05) is 44.3 Å². The number of ether oxygens (including phenoxy) is 1. The molecule has 1 aliphatic heterocycles. The van der Waals surface area contributed by atoms with Crippen LogP contribution in [0.25, 0.3) is 10.2 Å². The maximum absolute atomic E-state index is 14.2. The van der Waals surface area contributed by atoms with Gasteiger partial charge in [-0.25, -0.2) is 9.37 Å². The monoisotopic (exact) mass is 503 g/mol. The summed E-state index contributed by atoms with van der Waals surface area (Å²) in [5.41, 5.74) is 0.609. The number of para-hydroxylation sites is 1. The van der Waals surface area contributed by atoms with Gasteiger partial charge in [-0.1, -0.05) is 40.6 Å². The molecule has 1 saturated heterocycles. The number of hydrogen-bond donors (Lipinski definition) is 0. The fraction of sp³-hybridized carbons (Fsp3) is 0.333. The molecule has 2 heterocycles. The fourth-order valence-corrected chi connectivity index (χ4v) is 4.88. The van der Waals surface area contributed by atoms with E-state index < -0.39 is 5.82 Å². The summed E-state index contributed by atoms with van der Waals surface area (Å²) >= 11 is 13.6. The summed E-state index contributed by atoms with van der Waals surface area (Å²) in [4.78, 5) is 21.7. The molecular weight excluding hydrogens is 484 g/mol. The predicted octanol–water partition coefficient (Wildman–Crippen LogP) is 5.53. The SMILES string of the molecule is Cl.O=C(c1ccc(Cl)cc1Cl)N(CCCN1CCOCC1)c1nc2c(F)cccc2s1. The molecule has 1 amide bonds. The normalized spacial score (nSPS) is 14.4. The lowest BCUT2D eigenvalue weighted by atomic mass is 10.2. The molecule has 2 aromatic carbocycles. The minimum absolute atomic E-state index is 0. The van der Waals surface area contributed by atoms with Crippen LogP contribution in [0.5, 0.6) is 0 Å². The van der Waals surface area contributed by atoms with Crippen LogP contribution in [-0.4, -0.2) is 55.2 Å². The predicted molar refractivity (Wildman–Crippen MR) is 127 cm³/mol. The molecule has 0 saturated carbocycles. The average molecular weight is 505 g/mol. The van der Waals surface area contributed by atoms with Crippen LogP contribution in [-0.2, 0) is 4.74 Å². The fourth-order valence-electron chi connectivity index (χ4n) is 3.39. The van der Waals surface area contributed by atoms with Crippen molar-refractivity contribution in [3.63, 3.8) is 0 Å². The van der Waals surface area contributed by atoms with Gasteiger partial charge in [-0.3, -0.25) is 14.6 Å². The molecular formula is C21H21Cl3FN3O2S. The topological polar surface area (TPSA) is 45.7 Å². The lowest BCUT2D eigenvalue weighted by Gasteiger charge is -2.27. The molecule has 4 rings (SSSR count). The van der Waals surface area contributed by atoms with Crippen molar-refractivity contribution in [3.8, 4) is 0 Å². The molecule has 10 heteroatoms. The molecule has 1 aromatic heterocycles. The third-order valence-corrected chi connectivity index (χ3v) is 6.55. The Labute approximate surface area is 200 Å². The van der Waals surface area contributed by atoms with Crippen molar-refractivity contribution in [2.24, 2.45) is 0 Å². The number of carbonyl (C=O) groups is 1. The minimum Gasteiger partial charge on any atom is -0.379 e. The number of nitrogens with zero attached hydrogens (tertiary/aromatic N) is 3. The van der Waals surface area contributed by atoms with Gasteiger partial charge in [0.1, 0.15) is 11.3 Å². The summed E-state index contributed by atoms with van der Waals surface area (Å²) < 4.78 is 20.3. The van der Waals surface area contributed by atoms with E-state index in [1.165, 1.54) is 17.4 Å². The summed E-state index contributed by atoms with van der Waals surface area (Å²) in [7, 11) is 0. The van der Waals surface area contributed by atoms with Gasteiger partial charge < -0.3 is 4.74 Å². The van der Waals surface area contributed by atoms with E-state index in [1.54, 1.807) is 35.2 Å². The Morgan fingerprint density at radius 3 is 2.71 bits per heavy atom. The number of carbonyl (C=O) groups excluding carboxylic acids is 1. The maximum atomic E-state index is 14.2. The largest absolute Gasteiger partial charge is 0.379 e. The molecule has 0 radical (unpaired) electrons. The van der Waals surface area contributed by atoms with Gasteiger partial charge in [0.25, 0.3) is 5.91 Å². The summed E-state index contributed by atoms with van der Waals surface area (Å²) in [5, 5.41) is 1.18. The first-order chi connectivity index (χ1) is 14.5. The molecule has 0 bridgehead atoms. The first-order valence-corrected chi connectivity index (χ1v) is 11.2. The lowest BCUT2D eigenvalue weighted by molar-refractivity contribution is 0.0376. The first-order valence-electron chi connectivity index (χ1n) is 9.65. The molecule has 1 fully saturated rings. The molecule has 0 spiro atoms. The Balaban J connectivity index is 0.00000272. The van der Waals surface area contributed by atoms with E-state index in [0.717, 1.165) is 39.3 Å². The Hall–Kier alpha value is -1.48. The summed E-state index contributed by atoms with van der Waals surface area (Å²) in [5.74, 6) is -0.682. The van der Waals surface area contributed by atoms with E-state index in [-0.39, 0.29) is 28.9 Å². The number of hydrogen-bond acceptors (Lipinski definition) is 5. The molecule has 0 N–H and O–H groups in total. The van der Waals surface area contributed by atoms with Crippen molar-refractivity contribution in [3.05, 3.63) is 57.8 Å². The molecule has 3 aromatic rings. The lowest BCUT2D eigenvalue weighted by Crippen LogP contribution is -2.39. The zero-order valence-corrected chi connectivity index (χ0v) is 19.7. The molecule has 5 nitrogen and oxygen atoms in total. The van der Waals surface area contributed by atoms with Crippen molar-refractivity contribution in [1.82, 2.24) is 9.88 Å². The molecule has 1 aliphatic rings. The molecule has 0 atom stereocenters. The maximum Gasteiger partial charge on any atom is 0.261 e. The Morgan fingerprint density at radius 2 is 2.00 bits per heavy atom. The molecule has 0 unspecified atom stereocenters. The van der Waals surface area contributed by atoms with Crippen LogP contribution in [0, 0.1) is 5.82 Å². The number of thiazole rings is 1. The van der Waals surface area contributed by atoms with Gasteiger partial charge in [0.15, 0.2) is 5.13 Å². The van der Waals surface area contributed by atoms with Gasteiger partial charge >= 0.3 is 0 Å². The number of morpholine rings is 1. The van der Waals surface area contributed by atoms with E-state index in [9.17, 15) is 9.18 Å².